The molecule has 0 bridgehead atoms. The molecule has 1 aromatic carbocycles. The minimum Gasteiger partial charge on any atom is -0.398 e. The first-order valence-electron chi connectivity index (χ1n) is 8.62. The zero-order chi connectivity index (χ0) is 18.7. The van der Waals surface area contributed by atoms with Gasteiger partial charge in [0.25, 0.3) is 0 Å². The number of hydrogen-bond donors (Lipinski definition) is 3. The maximum Gasteiger partial charge on any atom is 0.419 e. The number of nitrogens with two attached hydrogens (primary N) is 1. The van der Waals surface area contributed by atoms with Crippen molar-refractivity contribution in [2.24, 2.45) is 0 Å². The van der Waals surface area contributed by atoms with Crippen LogP contribution in [0.15, 0.2) is 30.5 Å². The highest BCUT2D eigenvalue weighted by Crippen LogP contribution is 2.37. The molecule has 4 N–H and O–H groups in total. The normalized spacial score (nSPS) is 19.2. The number of benzene rings is 1. The van der Waals surface area contributed by atoms with Crippen molar-refractivity contribution in [2.45, 2.75) is 37.9 Å². The van der Waals surface area contributed by atoms with Crippen LogP contribution in [0.5, 0.6) is 0 Å². The number of nitrogens with zero attached hydrogens (tertiary/aromatic N) is 2. The van der Waals surface area contributed by atoms with Crippen molar-refractivity contribution in [2.75, 3.05) is 24.1 Å². The van der Waals surface area contributed by atoms with Gasteiger partial charge >= 0.3 is 6.18 Å². The number of nitrogen functional groups attached to an aromatic ring is 1. The Morgan fingerprint density at radius 1 is 1.31 bits per heavy atom. The monoisotopic (exact) mass is 365 g/mol. The maximum absolute atomic E-state index is 13.5. The Morgan fingerprint density at radius 2 is 2.08 bits per heavy atom. The van der Waals surface area contributed by atoms with Gasteiger partial charge in [-0.25, -0.2) is 9.97 Å². The summed E-state index contributed by atoms with van der Waals surface area (Å²) in [7, 11) is 0. The summed E-state index contributed by atoms with van der Waals surface area (Å²) in [5.74, 6) is -0.399. The molecule has 8 heteroatoms. The van der Waals surface area contributed by atoms with Crippen molar-refractivity contribution in [3.8, 4) is 0 Å². The highest BCUT2D eigenvalue weighted by Gasteiger charge is 2.37. The second-order valence-corrected chi connectivity index (χ2v) is 6.53. The van der Waals surface area contributed by atoms with Crippen LogP contribution >= 0.6 is 0 Å². The van der Waals surface area contributed by atoms with Crippen molar-refractivity contribution in [1.29, 1.82) is 0 Å². The number of hydrogen-bond acceptors (Lipinski definition) is 5. The lowest BCUT2D eigenvalue weighted by atomic mass is 9.93. The van der Waals surface area contributed by atoms with E-state index in [4.69, 9.17) is 5.73 Å². The highest BCUT2D eigenvalue weighted by atomic mass is 19.4. The van der Waals surface area contributed by atoms with E-state index in [-0.39, 0.29) is 17.7 Å². The molecule has 2 aromatic rings. The second kappa shape index (κ2) is 7.49. The fraction of sp³-hybridized carbons (Fsp3) is 0.444. The molecule has 5 nitrogen and oxygen atoms in total. The van der Waals surface area contributed by atoms with Crippen molar-refractivity contribution < 1.29 is 13.2 Å². The molecule has 0 saturated carbocycles. The van der Waals surface area contributed by atoms with Gasteiger partial charge in [0, 0.05) is 30.4 Å². The molecule has 140 valence electrons. The fourth-order valence-electron chi connectivity index (χ4n) is 3.22. The van der Waals surface area contributed by atoms with E-state index < -0.39 is 17.7 Å². The highest BCUT2D eigenvalue weighted by molar-refractivity contribution is 5.52. The van der Waals surface area contributed by atoms with E-state index in [1.807, 2.05) is 0 Å². The van der Waals surface area contributed by atoms with E-state index in [0.29, 0.717) is 11.3 Å². The van der Waals surface area contributed by atoms with Gasteiger partial charge < -0.3 is 16.4 Å². The molecule has 2 heterocycles. The van der Waals surface area contributed by atoms with Crippen LogP contribution in [-0.4, -0.2) is 29.1 Å². The lowest BCUT2D eigenvalue weighted by Crippen LogP contribution is -2.39. The number of rotatable bonds is 4. The Kier molecular flexibility index (Phi) is 5.31. The van der Waals surface area contributed by atoms with Crippen molar-refractivity contribution in [3.63, 3.8) is 0 Å². The minimum atomic E-state index is -4.53. The molecule has 0 radical (unpaired) electrons. The predicted octanol–water partition coefficient (Wildman–Crippen LogP) is 3.39. The average molecular weight is 365 g/mol. The van der Waals surface area contributed by atoms with Gasteiger partial charge in [0.15, 0.2) is 0 Å². The van der Waals surface area contributed by atoms with E-state index in [9.17, 15) is 13.2 Å². The van der Waals surface area contributed by atoms with Crippen LogP contribution in [0.25, 0.3) is 0 Å². The number of nitrogens with one attached hydrogen (secondary N) is 2. The molecule has 2 atom stereocenters. The number of aromatic nitrogens is 2. The van der Waals surface area contributed by atoms with E-state index in [0.717, 1.165) is 32.1 Å². The molecule has 1 fully saturated rings. The third-order valence-electron chi connectivity index (χ3n) is 4.63. The first-order valence-corrected chi connectivity index (χ1v) is 8.62. The Balaban J connectivity index is 1.96. The van der Waals surface area contributed by atoms with E-state index in [2.05, 4.69) is 20.6 Å². The van der Waals surface area contributed by atoms with E-state index in [1.54, 1.807) is 31.2 Å². The van der Waals surface area contributed by atoms with Crippen LogP contribution in [-0.2, 0) is 6.18 Å². The molecular formula is C18H22F3N5. The molecule has 3 rings (SSSR count). The molecular weight excluding hydrogens is 343 g/mol. The second-order valence-electron chi connectivity index (χ2n) is 6.53. The number of para-hydroxylation sites is 1. The molecule has 26 heavy (non-hydrogen) atoms. The Morgan fingerprint density at radius 3 is 2.73 bits per heavy atom. The zero-order valence-electron chi connectivity index (χ0n) is 14.5. The van der Waals surface area contributed by atoms with Gasteiger partial charge in [-0.05, 0) is 31.0 Å². The van der Waals surface area contributed by atoms with E-state index >= 15 is 0 Å². The van der Waals surface area contributed by atoms with Crippen LogP contribution in [0, 0.1) is 0 Å². The third kappa shape index (κ3) is 4.07. The maximum atomic E-state index is 13.5. The van der Waals surface area contributed by atoms with E-state index in [1.165, 1.54) is 0 Å². The molecule has 0 amide bonds. The van der Waals surface area contributed by atoms with Gasteiger partial charge in [-0.1, -0.05) is 25.1 Å². The van der Waals surface area contributed by atoms with Gasteiger partial charge in [-0.2, -0.15) is 13.2 Å². The summed E-state index contributed by atoms with van der Waals surface area (Å²) in [5.41, 5.74) is 6.11. The first-order chi connectivity index (χ1) is 12.4. The zero-order valence-corrected chi connectivity index (χ0v) is 14.5. The summed E-state index contributed by atoms with van der Waals surface area (Å²) in [6, 6.07) is 7.00. The van der Waals surface area contributed by atoms with Crippen molar-refractivity contribution in [3.05, 3.63) is 47.3 Å². The van der Waals surface area contributed by atoms with Crippen molar-refractivity contribution >= 4 is 11.6 Å². The number of halogens is 3. The molecule has 1 aromatic heterocycles. The number of piperidine rings is 1. The summed E-state index contributed by atoms with van der Waals surface area (Å²) < 4.78 is 40.4. The molecule has 0 aliphatic carbocycles. The summed E-state index contributed by atoms with van der Waals surface area (Å²) >= 11 is 0. The third-order valence-corrected chi connectivity index (χ3v) is 4.63. The average Bonchev–Trinajstić information content (AvgIpc) is 2.61. The minimum absolute atomic E-state index is 0.0725. The largest absolute Gasteiger partial charge is 0.419 e. The van der Waals surface area contributed by atoms with Crippen molar-refractivity contribution in [1.82, 2.24) is 15.3 Å². The molecule has 1 saturated heterocycles. The van der Waals surface area contributed by atoms with Gasteiger partial charge in [0.2, 0.25) is 5.95 Å². The molecule has 1 aliphatic rings. The Hall–Kier alpha value is -2.35. The smallest absolute Gasteiger partial charge is 0.398 e. The van der Waals surface area contributed by atoms with Crippen LogP contribution < -0.4 is 16.4 Å². The Labute approximate surface area is 150 Å². The first kappa shape index (κ1) is 18.4. The summed E-state index contributed by atoms with van der Waals surface area (Å²) in [5, 5.41) is 6.38. The van der Waals surface area contributed by atoms with Gasteiger partial charge in [-0.15, -0.1) is 0 Å². The number of anilines is 2. The van der Waals surface area contributed by atoms with Crippen LogP contribution in [0.3, 0.4) is 0 Å². The van der Waals surface area contributed by atoms with Crippen LogP contribution in [0.2, 0.25) is 0 Å². The fourth-order valence-corrected chi connectivity index (χ4v) is 3.22. The van der Waals surface area contributed by atoms with Gasteiger partial charge in [0.1, 0.15) is 0 Å². The molecule has 1 aliphatic heterocycles. The SMILES string of the molecule is C[C@H](c1ccccc1N)c1nc(N[C@H]2CCCNC2)ncc1C(F)(F)F. The van der Waals surface area contributed by atoms with Gasteiger partial charge in [-0.3, -0.25) is 0 Å². The lowest BCUT2D eigenvalue weighted by molar-refractivity contribution is -0.138. The quantitative estimate of drug-likeness (QED) is 0.724. The summed E-state index contributed by atoms with van der Waals surface area (Å²) in [4.78, 5) is 8.12. The Bertz CT molecular complexity index is 757. The molecule has 0 unspecified atom stereocenters. The number of alkyl halides is 3. The predicted molar refractivity (Wildman–Crippen MR) is 94.9 cm³/mol. The summed E-state index contributed by atoms with van der Waals surface area (Å²) in [6.45, 7) is 3.36. The summed E-state index contributed by atoms with van der Waals surface area (Å²) in [6.07, 6.45) is -1.75. The topological polar surface area (TPSA) is 75.9 Å². The molecule has 0 spiro atoms. The van der Waals surface area contributed by atoms with Crippen LogP contribution in [0.1, 0.15) is 42.5 Å². The standard InChI is InChI=1S/C18H22F3N5/c1-11(13-6-2-3-7-15(13)22)16-14(18(19,20)21)10-24-17(26-16)25-12-5-4-8-23-9-12/h2-3,6-7,10-12,23H,4-5,8-9,22H2,1H3,(H,24,25,26)/t11-,12+/m1/s1. The lowest BCUT2D eigenvalue weighted by Gasteiger charge is -2.25. The van der Waals surface area contributed by atoms with Crippen LogP contribution in [0.4, 0.5) is 24.8 Å². The van der Waals surface area contributed by atoms with Gasteiger partial charge in [0.05, 0.1) is 11.3 Å².